The minimum absolute atomic E-state index is 0.108. The molecule has 0 unspecified atom stereocenters. The Labute approximate surface area is 162 Å². The largest absolute Gasteiger partial charge is 0.323 e. The third-order valence-electron chi connectivity index (χ3n) is 3.83. The van der Waals surface area contributed by atoms with Crippen LogP contribution in [0.1, 0.15) is 5.56 Å². The summed E-state index contributed by atoms with van der Waals surface area (Å²) in [5.74, 6) is -0.683. The van der Waals surface area contributed by atoms with Gasteiger partial charge in [-0.1, -0.05) is 35.9 Å². The SMILES string of the molecule is Cc1ccc(NC(=O)Nc2cccc(S(=O)(=O)Nc3ccccc3F)c2)cc1. The first-order valence-corrected chi connectivity index (χ1v) is 9.84. The van der Waals surface area contributed by atoms with Crippen molar-refractivity contribution in [2.45, 2.75) is 11.8 Å². The van der Waals surface area contributed by atoms with Crippen molar-refractivity contribution >= 4 is 33.1 Å². The third kappa shape index (κ3) is 4.86. The Morgan fingerprint density at radius 1 is 0.857 bits per heavy atom. The predicted molar refractivity (Wildman–Crippen MR) is 107 cm³/mol. The highest BCUT2D eigenvalue weighted by Crippen LogP contribution is 2.21. The number of aryl methyl sites for hydroxylation is 1. The van der Waals surface area contributed by atoms with Crippen molar-refractivity contribution in [2.75, 3.05) is 15.4 Å². The van der Waals surface area contributed by atoms with E-state index in [1.807, 2.05) is 19.1 Å². The fourth-order valence-corrected chi connectivity index (χ4v) is 3.53. The summed E-state index contributed by atoms with van der Waals surface area (Å²) in [7, 11) is -4.02. The number of amides is 2. The zero-order valence-electron chi connectivity index (χ0n) is 14.9. The number of carbonyl (C=O) groups is 1. The Morgan fingerprint density at radius 3 is 2.25 bits per heavy atom. The molecule has 0 spiro atoms. The highest BCUT2D eigenvalue weighted by molar-refractivity contribution is 7.92. The lowest BCUT2D eigenvalue weighted by atomic mass is 10.2. The Hall–Kier alpha value is -3.39. The van der Waals surface area contributed by atoms with Crippen LogP contribution in [0, 0.1) is 12.7 Å². The van der Waals surface area contributed by atoms with Crippen molar-refractivity contribution in [1.29, 1.82) is 0 Å². The highest BCUT2D eigenvalue weighted by atomic mass is 32.2. The average molecular weight is 399 g/mol. The van der Waals surface area contributed by atoms with Gasteiger partial charge in [-0.25, -0.2) is 17.6 Å². The molecule has 2 amide bonds. The smallest absolute Gasteiger partial charge is 0.308 e. The van der Waals surface area contributed by atoms with Gasteiger partial charge in [-0.15, -0.1) is 0 Å². The standard InChI is InChI=1S/C20H18FN3O3S/c1-14-9-11-15(12-10-14)22-20(25)23-16-5-4-6-17(13-16)28(26,27)24-19-8-3-2-7-18(19)21/h2-13,24H,1H3,(H2,22,23,25). The van der Waals surface area contributed by atoms with E-state index in [0.717, 1.165) is 11.6 Å². The van der Waals surface area contributed by atoms with E-state index in [0.29, 0.717) is 5.69 Å². The normalized spacial score (nSPS) is 10.9. The van der Waals surface area contributed by atoms with Crippen LogP contribution in [0.2, 0.25) is 0 Å². The molecule has 0 atom stereocenters. The molecular weight excluding hydrogens is 381 g/mol. The molecule has 0 heterocycles. The van der Waals surface area contributed by atoms with Crippen LogP contribution in [0.5, 0.6) is 0 Å². The number of hydrogen-bond donors (Lipinski definition) is 3. The fraction of sp³-hybridized carbons (Fsp3) is 0.0500. The minimum atomic E-state index is -4.02. The first-order chi connectivity index (χ1) is 13.3. The maximum absolute atomic E-state index is 13.7. The Kier molecular flexibility index (Phi) is 5.60. The summed E-state index contributed by atoms with van der Waals surface area (Å²) in [5, 5.41) is 5.23. The van der Waals surface area contributed by atoms with Gasteiger partial charge in [0.1, 0.15) is 5.82 Å². The Morgan fingerprint density at radius 2 is 1.54 bits per heavy atom. The molecule has 0 radical (unpaired) electrons. The molecule has 0 bridgehead atoms. The highest BCUT2D eigenvalue weighted by Gasteiger charge is 2.17. The van der Waals surface area contributed by atoms with E-state index in [1.165, 1.54) is 36.4 Å². The first-order valence-electron chi connectivity index (χ1n) is 8.35. The summed E-state index contributed by atoms with van der Waals surface area (Å²) < 4.78 is 40.9. The van der Waals surface area contributed by atoms with Crippen LogP contribution in [0.3, 0.4) is 0 Å². The maximum Gasteiger partial charge on any atom is 0.323 e. The van der Waals surface area contributed by atoms with E-state index in [2.05, 4.69) is 15.4 Å². The number of anilines is 3. The van der Waals surface area contributed by atoms with Gasteiger partial charge in [-0.3, -0.25) is 4.72 Å². The van der Waals surface area contributed by atoms with E-state index in [9.17, 15) is 17.6 Å². The molecule has 0 aliphatic heterocycles. The van der Waals surface area contributed by atoms with Gasteiger partial charge in [0.25, 0.3) is 10.0 Å². The summed E-state index contributed by atoms with van der Waals surface area (Å²) in [6.07, 6.45) is 0. The first kappa shape index (κ1) is 19.4. The number of hydrogen-bond acceptors (Lipinski definition) is 3. The molecule has 3 rings (SSSR count). The molecule has 8 heteroatoms. The molecule has 0 aliphatic rings. The quantitative estimate of drug-likeness (QED) is 0.587. The molecule has 144 valence electrons. The summed E-state index contributed by atoms with van der Waals surface area (Å²) in [6.45, 7) is 1.94. The summed E-state index contributed by atoms with van der Waals surface area (Å²) in [4.78, 5) is 12.0. The zero-order chi connectivity index (χ0) is 20.1. The lowest BCUT2D eigenvalue weighted by molar-refractivity contribution is 0.262. The van der Waals surface area contributed by atoms with Crippen molar-refractivity contribution < 1.29 is 17.6 Å². The molecule has 0 saturated carbocycles. The van der Waals surface area contributed by atoms with Gasteiger partial charge in [0.15, 0.2) is 0 Å². The Balaban J connectivity index is 1.73. The second-order valence-electron chi connectivity index (χ2n) is 6.06. The Bertz CT molecular complexity index is 1100. The number of urea groups is 1. The number of halogens is 1. The van der Waals surface area contributed by atoms with Crippen LogP contribution in [0.15, 0.2) is 77.7 Å². The van der Waals surface area contributed by atoms with Crippen molar-refractivity contribution in [3.8, 4) is 0 Å². The fourth-order valence-electron chi connectivity index (χ4n) is 2.42. The zero-order valence-corrected chi connectivity index (χ0v) is 15.8. The topological polar surface area (TPSA) is 87.3 Å². The van der Waals surface area contributed by atoms with Crippen LogP contribution in [0.25, 0.3) is 0 Å². The third-order valence-corrected chi connectivity index (χ3v) is 5.19. The van der Waals surface area contributed by atoms with E-state index < -0.39 is 21.9 Å². The van der Waals surface area contributed by atoms with Crippen LogP contribution in [-0.2, 0) is 10.0 Å². The number of carbonyl (C=O) groups excluding carboxylic acids is 1. The monoisotopic (exact) mass is 399 g/mol. The van der Waals surface area contributed by atoms with E-state index in [4.69, 9.17) is 0 Å². The summed E-state index contributed by atoms with van der Waals surface area (Å²) in [6, 6.07) is 17.9. The molecule has 0 saturated heterocycles. The number of nitrogens with one attached hydrogen (secondary N) is 3. The number of sulfonamides is 1. The van der Waals surface area contributed by atoms with Crippen molar-refractivity contribution in [3.05, 3.63) is 84.2 Å². The lowest BCUT2D eigenvalue weighted by Crippen LogP contribution is -2.20. The van der Waals surface area contributed by atoms with Crippen LogP contribution in [-0.4, -0.2) is 14.4 Å². The lowest BCUT2D eigenvalue weighted by Gasteiger charge is -2.11. The van der Waals surface area contributed by atoms with E-state index in [-0.39, 0.29) is 16.3 Å². The van der Waals surface area contributed by atoms with E-state index >= 15 is 0 Å². The summed E-state index contributed by atoms with van der Waals surface area (Å²) in [5.41, 5.74) is 1.79. The van der Waals surface area contributed by atoms with Gasteiger partial charge in [0.2, 0.25) is 0 Å². The van der Waals surface area contributed by atoms with Crippen molar-refractivity contribution in [3.63, 3.8) is 0 Å². The van der Waals surface area contributed by atoms with Gasteiger partial charge in [0, 0.05) is 11.4 Å². The van der Waals surface area contributed by atoms with Gasteiger partial charge >= 0.3 is 6.03 Å². The molecule has 28 heavy (non-hydrogen) atoms. The molecule has 3 aromatic carbocycles. The molecular formula is C20H18FN3O3S. The van der Waals surface area contributed by atoms with Crippen LogP contribution in [0.4, 0.5) is 26.2 Å². The molecule has 0 fully saturated rings. The molecule has 3 aromatic rings. The van der Waals surface area contributed by atoms with Crippen LogP contribution >= 0.6 is 0 Å². The summed E-state index contributed by atoms with van der Waals surface area (Å²) >= 11 is 0. The second kappa shape index (κ2) is 8.10. The minimum Gasteiger partial charge on any atom is -0.308 e. The maximum atomic E-state index is 13.7. The van der Waals surface area contributed by atoms with Crippen molar-refractivity contribution in [2.24, 2.45) is 0 Å². The second-order valence-corrected chi connectivity index (χ2v) is 7.74. The van der Waals surface area contributed by atoms with Crippen molar-refractivity contribution in [1.82, 2.24) is 0 Å². The van der Waals surface area contributed by atoms with Gasteiger partial charge in [-0.05, 0) is 49.4 Å². The molecule has 3 N–H and O–H groups in total. The number of benzene rings is 3. The predicted octanol–water partition coefficient (Wildman–Crippen LogP) is 4.58. The van der Waals surface area contributed by atoms with E-state index in [1.54, 1.807) is 18.2 Å². The number of para-hydroxylation sites is 1. The molecule has 0 aliphatic carbocycles. The molecule has 0 aromatic heterocycles. The average Bonchev–Trinajstić information content (AvgIpc) is 2.65. The number of rotatable bonds is 5. The van der Waals surface area contributed by atoms with Gasteiger partial charge < -0.3 is 10.6 Å². The van der Waals surface area contributed by atoms with Gasteiger partial charge in [0.05, 0.1) is 10.6 Å². The van der Waals surface area contributed by atoms with Crippen LogP contribution < -0.4 is 15.4 Å². The van der Waals surface area contributed by atoms with Gasteiger partial charge in [-0.2, -0.15) is 0 Å². The molecule has 6 nitrogen and oxygen atoms in total.